The van der Waals surface area contributed by atoms with Gasteiger partial charge < -0.3 is 4.74 Å². The van der Waals surface area contributed by atoms with Gasteiger partial charge in [0.15, 0.2) is 5.78 Å². The van der Waals surface area contributed by atoms with E-state index in [-0.39, 0.29) is 11.7 Å². The molecule has 0 aliphatic heterocycles. The Morgan fingerprint density at radius 1 is 1.12 bits per heavy atom. The van der Waals surface area contributed by atoms with Gasteiger partial charge in [0.1, 0.15) is 5.75 Å². The van der Waals surface area contributed by atoms with Crippen LogP contribution in [0.3, 0.4) is 0 Å². The van der Waals surface area contributed by atoms with Crippen molar-refractivity contribution < 1.29 is 9.53 Å². The topological polar surface area (TPSA) is 44.1 Å². The number of ether oxygens (including phenoxy) is 1. The largest absolute Gasteiger partial charge is 0.497 e. The van der Waals surface area contributed by atoms with Crippen molar-refractivity contribution in [2.24, 2.45) is 0 Å². The highest BCUT2D eigenvalue weighted by Gasteiger charge is 2.30. The van der Waals surface area contributed by atoms with E-state index in [0.29, 0.717) is 6.42 Å². The maximum Gasteiger partial charge on any atom is 0.166 e. The molecule has 0 amide bonds. The van der Waals surface area contributed by atoms with Crippen LogP contribution >= 0.6 is 0 Å². The van der Waals surface area contributed by atoms with E-state index >= 15 is 0 Å². The van der Waals surface area contributed by atoms with E-state index in [0.717, 1.165) is 34.7 Å². The predicted molar refractivity (Wildman–Crippen MR) is 96.7 cm³/mol. The van der Waals surface area contributed by atoms with Crippen LogP contribution in [0.2, 0.25) is 0 Å². The number of carbonyl (C=O) groups is 1. The van der Waals surface area contributed by atoms with Gasteiger partial charge in [0.05, 0.1) is 30.3 Å². The van der Waals surface area contributed by atoms with Crippen molar-refractivity contribution in [2.45, 2.75) is 25.7 Å². The number of benzene rings is 2. The molecule has 1 aliphatic carbocycles. The molecule has 1 aromatic heterocycles. The average Bonchev–Trinajstić information content (AvgIpc) is 3.06. The molecule has 1 atom stereocenters. The molecule has 126 valence electrons. The highest BCUT2D eigenvalue weighted by atomic mass is 16.5. The minimum absolute atomic E-state index is 0.168. The van der Waals surface area contributed by atoms with Crippen molar-refractivity contribution in [1.29, 1.82) is 0 Å². The number of Topliss-reactive ketones (excluding diaryl/α,β-unsaturated/α-hetero) is 1. The molecular weight excluding hydrogens is 312 g/mol. The van der Waals surface area contributed by atoms with E-state index in [4.69, 9.17) is 4.74 Å². The summed E-state index contributed by atoms with van der Waals surface area (Å²) in [6, 6.07) is 16.2. The Balaban J connectivity index is 1.71. The quantitative estimate of drug-likeness (QED) is 0.725. The molecule has 25 heavy (non-hydrogen) atoms. The van der Waals surface area contributed by atoms with E-state index in [1.807, 2.05) is 28.9 Å². The fraction of sp³-hybridized carbons (Fsp3) is 0.238. The normalized spacial score (nSPS) is 16.6. The molecule has 1 aliphatic rings. The lowest BCUT2D eigenvalue weighted by atomic mass is 9.82. The van der Waals surface area contributed by atoms with Gasteiger partial charge in [-0.1, -0.05) is 24.3 Å². The Bertz CT molecular complexity index is 925. The molecule has 4 nitrogen and oxygen atoms in total. The molecule has 0 fully saturated rings. The van der Waals surface area contributed by atoms with Crippen molar-refractivity contribution in [3.8, 4) is 11.4 Å². The Labute approximate surface area is 147 Å². The second kappa shape index (κ2) is 6.20. The number of carbonyl (C=O) groups excluding carboxylic acids is 1. The van der Waals surface area contributed by atoms with E-state index in [1.54, 1.807) is 13.3 Å². The Morgan fingerprint density at radius 3 is 2.64 bits per heavy atom. The average molecular weight is 332 g/mol. The van der Waals surface area contributed by atoms with E-state index in [1.165, 1.54) is 5.56 Å². The summed E-state index contributed by atoms with van der Waals surface area (Å²) >= 11 is 0. The summed E-state index contributed by atoms with van der Waals surface area (Å²) in [5.74, 6) is 1.17. The van der Waals surface area contributed by atoms with Gasteiger partial charge in [-0.25, -0.2) is 4.68 Å². The second-order valence-electron chi connectivity index (χ2n) is 6.56. The van der Waals surface area contributed by atoms with Gasteiger partial charge >= 0.3 is 0 Å². The SMILES string of the molecule is COc1ccc(C2CC(=O)c3cnn(-c4cccc(C)c4)c3C2)cc1. The lowest BCUT2D eigenvalue weighted by molar-refractivity contribution is 0.0964. The summed E-state index contributed by atoms with van der Waals surface area (Å²) in [5.41, 5.74) is 5.10. The van der Waals surface area contributed by atoms with Crippen LogP contribution in [0.4, 0.5) is 0 Å². The third-order valence-corrected chi connectivity index (χ3v) is 4.87. The first-order chi connectivity index (χ1) is 12.2. The number of fused-ring (bicyclic) bond motifs is 1. The molecule has 1 unspecified atom stereocenters. The minimum Gasteiger partial charge on any atom is -0.497 e. The molecule has 0 spiro atoms. The van der Waals surface area contributed by atoms with Crippen LogP contribution in [0.1, 0.15) is 39.5 Å². The molecule has 0 bridgehead atoms. The number of nitrogens with zero attached hydrogens (tertiary/aromatic N) is 2. The fourth-order valence-corrected chi connectivity index (χ4v) is 3.54. The lowest BCUT2D eigenvalue weighted by Crippen LogP contribution is -2.20. The number of aryl methyl sites for hydroxylation is 1. The number of ketones is 1. The maximum atomic E-state index is 12.6. The van der Waals surface area contributed by atoms with E-state index in [2.05, 4.69) is 36.3 Å². The Morgan fingerprint density at radius 2 is 1.92 bits per heavy atom. The van der Waals surface area contributed by atoms with Gasteiger partial charge in [0.2, 0.25) is 0 Å². The Kier molecular flexibility index (Phi) is 3.88. The lowest BCUT2D eigenvalue weighted by Gasteiger charge is -2.23. The van der Waals surface area contributed by atoms with Crippen molar-refractivity contribution in [1.82, 2.24) is 9.78 Å². The van der Waals surface area contributed by atoms with Gasteiger partial charge in [-0.2, -0.15) is 5.10 Å². The minimum atomic E-state index is 0.168. The number of aromatic nitrogens is 2. The van der Waals surface area contributed by atoms with Crippen LogP contribution in [0.15, 0.2) is 54.7 Å². The molecule has 3 aromatic rings. The summed E-state index contributed by atoms with van der Waals surface area (Å²) in [7, 11) is 1.66. The molecule has 0 N–H and O–H groups in total. The highest BCUT2D eigenvalue weighted by molar-refractivity contribution is 5.98. The molecule has 0 saturated carbocycles. The van der Waals surface area contributed by atoms with Gasteiger partial charge in [-0.3, -0.25) is 4.79 Å². The van der Waals surface area contributed by atoms with Crippen molar-refractivity contribution in [2.75, 3.05) is 7.11 Å². The first-order valence-corrected chi connectivity index (χ1v) is 8.47. The van der Waals surface area contributed by atoms with Gasteiger partial charge in [0, 0.05) is 6.42 Å². The molecule has 2 aromatic carbocycles. The number of rotatable bonds is 3. The summed E-state index contributed by atoms with van der Waals surface area (Å²) in [6.45, 7) is 2.06. The van der Waals surface area contributed by atoms with Crippen LogP contribution in [-0.4, -0.2) is 22.7 Å². The van der Waals surface area contributed by atoms with Crippen LogP contribution in [-0.2, 0) is 6.42 Å². The first-order valence-electron chi connectivity index (χ1n) is 8.47. The van der Waals surface area contributed by atoms with Crippen LogP contribution < -0.4 is 4.74 Å². The zero-order chi connectivity index (χ0) is 17.4. The zero-order valence-corrected chi connectivity index (χ0v) is 14.4. The first kappa shape index (κ1) is 15.6. The smallest absolute Gasteiger partial charge is 0.166 e. The van der Waals surface area contributed by atoms with Gasteiger partial charge in [-0.05, 0) is 54.7 Å². The van der Waals surface area contributed by atoms with Crippen LogP contribution in [0.5, 0.6) is 5.75 Å². The molecule has 4 heteroatoms. The van der Waals surface area contributed by atoms with E-state index in [9.17, 15) is 4.79 Å². The fourth-order valence-electron chi connectivity index (χ4n) is 3.54. The Hall–Kier alpha value is -2.88. The van der Waals surface area contributed by atoms with Crippen molar-refractivity contribution in [3.05, 3.63) is 77.1 Å². The summed E-state index contributed by atoms with van der Waals surface area (Å²) in [6.07, 6.45) is 3.05. The van der Waals surface area contributed by atoms with Crippen molar-refractivity contribution >= 4 is 5.78 Å². The molecule has 4 rings (SSSR count). The third-order valence-electron chi connectivity index (χ3n) is 4.87. The molecule has 0 radical (unpaired) electrons. The number of hydrogen-bond donors (Lipinski definition) is 0. The summed E-state index contributed by atoms with van der Waals surface area (Å²) in [5, 5.41) is 4.49. The summed E-state index contributed by atoms with van der Waals surface area (Å²) < 4.78 is 7.14. The second-order valence-corrected chi connectivity index (χ2v) is 6.56. The van der Waals surface area contributed by atoms with Crippen molar-refractivity contribution in [3.63, 3.8) is 0 Å². The zero-order valence-electron chi connectivity index (χ0n) is 14.4. The summed E-state index contributed by atoms with van der Waals surface area (Å²) in [4.78, 5) is 12.6. The standard InChI is InChI=1S/C21H20N2O2/c1-14-4-3-5-17(10-14)23-20-11-16(12-21(24)19(20)13-22-23)15-6-8-18(25-2)9-7-15/h3-10,13,16H,11-12H2,1-2H3. The monoisotopic (exact) mass is 332 g/mol. The highest BCUT2D eigenvalue weighted by Crippen LogP contribution is 2.34. The number of hydrogen-bond acceptors (Lipinski definition) is 3. The number of methoxy groups -OCH3 is 1. The third kappa shape index (κ3) is 2.84. The van der Waals surface area contributed by atoms with Crippen LogP contribution in [0.25, 0.3) is 5.69 Å². The maximum absolute atomic E-state index is 12.6. The van der Waals surface area contributed by atoms with Gasteiger partial charge in [-0.15, -0.1) is 0 Å². The molecular formula is C21H20N2O2. The predicted octanol–water partition coefficient (Wildman–Crippen LogP) is 4.10. The van der Waals surface area contributed by atoms with Gasteiger partial charge in [0.25, 0.3) is 0 Å². The molecule has 0 saturated heterocycles. The molecule has 1 heterocycles. The van der Waals surface area contributed by atoms with E-state index < -0.39 is 0 Å². The van der Waals surface area contributed by atoms with Crippen LogP contribution in [0, 0.1) is 6.92 Å².